The minimum absolute atomic E-state index is 0.00520. The first-order valence-electron chi connectivity index (χ1n) is 8.65. The highest BCUT2D eigenvalue weighted by molar-refractivity contribution is 5.80. The molecule has 0 aromatic heterocycles. The van der Waals surface area contributed by atoms with Crippen LogP contribution in [0, 0.1) is 18.6 Å². The Morgan fingerprint density at radius 1 is 1.15 bits per heavy atom. The third-order valence-electron chi connectivity index (χ3n) is 4.08. The van der Waals surface area contributed by atoms with Gasteiger partial charge in [-0.2, -0.15) is 0 Å². The van der Waals surface area contributed by atoms with Gasteiger partial charge in [-0.05, 0) is 44.0 Å². The molecule has 140 valence electrons. The molecular weight excluding hydrogens is 336 g/mol. The second-order valence-electron chi connectivity index (χ2n) is 6.13. The van der Waals surface area contributed by atoms with Crippen molar-refractivity contribution in [3.63, 3.8) is 0 Å². The molecule has 2 aromatic rings. The smallest absolute Gasteiger partial charge is 0.191 e. The van der Waals surface area contributed by atoms with Gasteiger partial charge in [0, 0.05) is 12.1 Å². The Morgan fingerprint density at radius 3 is 2.54 bits per heavy atom. The Kier molecular flexibility index (Phi) is 7.09. The van der Waals surface area contributed by atoms with Gasteiger partial charge in [0.1, 0.15) is 17.7 Å². The van der Waals surface area contributed by atoms with E-state index in [0.717, 1.165) is 5.56 Å². The lowest BCUT2D eigenvalue weighted by molar-refractivity contribution is 0.182. The number of aliphatic imine (C=N–C) groups is 1. The summed E-state index contributed by atoms with van der Waals surface area (Å²) < 4.78 is 27.5. The number of rotatable bonds is 6. The summed E-state index contributed by atoms with van der Waals surface area (Å²) in [6.07, 6.45) is -1.04. The molecule has 0 saturated heterocycles. The highest BCUT2D eigenvalue weighted by Crippen LogP contribution is 2.18. The van der Waals surface area contributed by atoms with Crippen LogP contribution in [0.4, 0.5) is 8.78 Å². The van der Waals surface area contributed by atoms with Crippen molar-refractivity contribution in [1.29, 1.82) is 0 Å². The fraction of sp³-hybridized carbons (Fsp3) is 0.350. The van der Waals surface area contributed by atoms with Gasteiger partial charge in [0.15, 0.2) is 5.96 Å². The lowest BCUT2D eigenvalue weighted by Gasteiger charge is -2.19. The van der Waals surface area contributed by atoms with E-state index in [4.69, 9.17) is 0 Å². The van der Waals surface area contributed by atoms with Gasteiger partial charge in [-0.1, -0.05) is 30.3 Å². The highest BCUT2D eigenvalue weighted by atomic mass is 19.1. The van der Waals surface area contributed by atoms with Gasteiger partial charge in [0.25, 0.3) is 0 Å². The van der Waals surface area contributed by atoms with Crippen molar-refractivity contribution in [3.8, 4) is 0 Å². The Labute approximate surface area is 153 Å². The van der Waals surface area contributed by atoms with Gasteiger partial charge >= 0.3 is 0 Å². The molecule has 0 aliphatic heterocycles. The maximum Gasteiger partial charge on any atom is 0.191 e. The largest absolute Gasteiger partial charge is 0.386 e. The first-order chi connectivity index (χ1) is 12.4. The van der Waals surface area contributed by atoms with Crippen molar-refractivity contribution < 1.29 is 13.9 Å². The van der Waals surface area contributed by atoms with Crippen LogP contribution in [-0.2, 0) is 0 Å². The molecule has 2 aromatic carbocycles. The molecule has 0 heterocycles. The van der Waals surface area contributed by atoms with Crippen LogP contribution < -0.4 is 10.6 Å². The third-order valence-corrected chi connectivity index (χ3v) is 4.08. The first kappa shape index (κ1) is 19.8. The number of nitrogens with zero attached hydrogens (tertiary/aromatic N) is 1. The van der Waals surface area contributed by atoms with Gasteiger partial charge < -0.3 is 15.7 Å². The average molecular weight is 361 g/mol. The molecule has 2 unspecified atom stereocenters. The topological polar surface area (TPSA) is 56.7 Å². The van der Waals surface area contributed by atoms with Crippen LogP contribution in [0.1, 0.15) is 42.7 Å². The summed E-state index contributed by atoms with van der Waals surface area (Å²) in [6.45, 7) is 6.15. The molecule has 0 radical (unpaired) electrons. The minimum atomic E-state index is -1.04. The van der Waals surface area contributed by atoms with E-state index >= 15 is 0 Å². The van der Waals surface area contributed by atoms with Crippen LogP contribution in [0.5, 0.6) is 0 Å². The van der Waals surface area contributed by atoms with Crippen molar-refractivity contribution in [1.82, 2.24) is 10.6 Å². The van der Waals surface area contributed by atoms with Gasteiger partial charge in [-0.15, -0.1) is 0 Å². The Bertz CT molecular complexity index is 764. The summed E-state index contributed by atoms with van der Waals surface area (Å²) in [7, 11) is 0. The molecule has 2 rings (SSSR count). The number of aryl methyl sites for hydroxylation is 1. The molecule has 2 atom stereocenters. The lowest BCUT2D eigenvalue weighted by atomic mass is 10.1. The second-order valence-corrected chi connectivity index (χ2v) is 6.13. The predicted molar refractivity (Wildman–Crippen MR) is 100 cm³/mol. The van der Waals surface area contributed by atoms with Gasteiger partial charge in [-0.25, -0.2) is 8.78 Å². The number of nitrogens with one attached hydrogen (secondary N) is 2. The summed E-state index contributed by atoms with van der Waals surface area (Å²) in [5.74, 6) is -0.249. The molecule has 0 bridgehead atoms. The lowest BCUT2D eigenvalue weighted by Crippen LogP contribution is -2.39. The SMILES string of the molecule is CCNC(=NCC(O)c1ccccc1F)NC(C)c1ccc(C)c(F)c1. The zero-order chi connectivity index (χ0) is 19.1. The van der Waals surface area contributed by atoms with E-state index in [1.54, 1.807) is 25.1 Å². The van der Waals surface area contributed by atoms with Crippen LogP contribution in [0.15, 0.2) is 47.5 Å². The van der Waals surface area contributed by atoms with Crippen molar-refractivity contribution in [2.24, 2.45) is 4.99 Å². The number of hydrogen-bond donors (Lipinski definition) is 3. The number of aliphatic hydroxyl groups is 1. The van der Waals surface area contributed by atoms with E-state index < -0.39 is 11.9 Å². The van der Waals surface area contributed by atoms with Crippen LogP contribution in [-0.4, -0.2) is 24.2 Å². The molecule has 0 saturated carbocycles. The van der Waals surface area contributed by atoms with Gasteiger partial charge in [0.2, 0.25) is 0 Å². The molecule has 0 aliphatic rings. The summed E-state index contributed by atoms with van der Waals surface area (Å²) in [6, 6.07) is 11.0. The van der Waals surface area contributed by atoms with Crippen LogP contribution in [0.3, 0.4) is 0 Å². The van der Waals surface area contributed by atoms with Crippen LogP contribution in [0.2, 0.25) is 0 Å². The first-order valence-corrected chi connectivity index (χ1v) is 8.65. The molecule has 0 aliphatic carbocycles. The molecule has 6 heteroatoms. The summed E-state index contributed by atoms with van der Waals surface area (Å²) in [5, 5.41) is 16.4. The molecule has 0 spiro atoms. The van der Waals surface area contributed by atoms with E-state index in [9.17, 15) is 13.9 Å². The van der Waals surface area contributed by atoms with E-state index in [2.05, 4.69) is 15.6 Å². The third kappa shape index (κ3) is 5.26. The number of aliphatic hydroxyl groups excluding tert-OH is 1. The molecule has 0 amide bonds. The summed E-state index contributed by atoms with van der Waals surface area (Å²) in [5.41, 5.74) is 1.59. The molecule has 4 nitrogen and oxygen atoms in total. The van der Waals surface area contributed by atoms with E-state index in [1.165, 1.54) is 18.2 Å². The second kappa shape index (κ2) is 9.29. The molecular formula is C20H25F2N3O. The molecule has 26 heavy (non-hydrogen) atoms. The standard InChI is InChI=1S/C20H25F2N3O/c1-4-23-20(24-12-19(26)16-7-5-6-8-17(16)21)25-14(3)15-10-9-13(2)18(22)11-15/h5-11,14,19,26H,4,12H2,1-3H3,(H2,23,24,25). The minimum Gasteiger partial charge on any atom is -0.386 e. The average Bonchev–Trinajstić information content (AvgIpc) is 2.62. The zero-order valence-corrected chi connectivity index (χ0v) is 15.3. The predicted octanol–water partition coefficient (Wildman–Crippen LogP) is 3.62. The van der Waals surface area contributed by atoms with Gasteiger partial charge in [-0.3, -0.25) is 4.99 Å². The Balaban J connectivity index is 2.08. The quantitative estimate of drug-likeness (QED) is 0.544. The van der Waals surface area contributed by atoms with E-state index in [-0.39, 0.29) is 24.0 Å². The molecule has 3 N–H and O–H groups in total. The van der Waals surface area contributed by atoms with Crippen molar-refractivity contribution in [3.05, 3.63) is 70.8 Å². The maximum absolute atomic E-state index is 13.8. The maximum atomic E-state index is 13.8. The fourth-order valence-electron chi connectivity index (χ4n) is 2.51. The highest BCUT2D eigenvalue weighted by Gasteiger charge is 2.13. The molecule has 0 fully saturated rings. The van der Waals surface area contributed by atoms with Crippen LogP contribution >= 0.6 is 0 Å². The zero-order valence-electron chi connectivity index (χ0n) is 15.3. The summed E-state index contributed by atoms with van der Waals surface area (Å²) in [4.78, 5) is 4.32. The van der Waals surface area contributed by atoms with Gasteiger partial charge in [0.05, 0.1) is 12.6 Å². The number of hydrogen-bond acceptors (Lipinski definition) is 2. The van der Waals surface area contributed by atoms with E-state index in [1.807, 2.05) is 19.9 Å². The normalized spacial score (nSPS) is 14.0. The fourth-order valence-corrected chi connectivity index (χ4v) is 2.51. The number of halogens is 2. The Morgan fingerprint density at radius 2 is 1.88 bits per heavy atom. The monoisotopic (exact) mass is 361 g/mol. The van der Waals surface area contributed by atoms with Crippen molar-refractivity contribution >= 4 is 5.96 Å². The van der Waals surface area contributed by atoms with Crippen molar-refractivity contribution in [2.75, 3.05) is 13.1 Å². The Hall–Kier alpha value is -2.47. The number of guanidine groups is 1. The van der Waals surface area contributed by atoms with E-state index in [0.29, 0.717) is 18.1 Å². The van der Waals surface area contributed by atoms with Crippen LogP contribution in [0.25, 0.3) is 0 Å². The summed E-state index contributed by atoms with van der Waals surface area (Å²) >= 11 is 0. The van der Waals surface area contributed by atoms with Crippen molar-refractivity contribution in [2.45, 2.75) is 32.9 Å². The number of benzene rings is 2.